The second kappa shape index (κ2) is 6.68. The van der Waals surface area contributed by atoms with Crippen LogP contribution in [0.2, 0.25) is 0 Å². The van der Waals surface area contributed by atoms with Crippen LogP contribution in [0.15, 0.2) is 24.3 Å². The normalized spacial score (nSPS) is 14.2. The average molecular weight is 301 g/mol. The fourth-order valence-corrected chi connectivity index (χ4v) is 2.07. The van der Waals surface area contributed by atoms with Crippen LogP contribution in [0, 0.1) is 5.82 Å². The first kappa shape index (κ1) is 17.1. The molecule has 1 N–H and O–H groups in total. The molecule has 0 fully saturated rings. The zero-order valence-electron chi connectivity index (χ0n) is 12.6. The molecule has 0 bridgehead atoms. The maximum absolute atomic E-state index is 13.5. The van der Waals surface area contributed by atoms with Gasteiger partial charge in [0.2, 0.25) is 0 Å². The Morgan fingerprint density at radius 2 is 1.90 bits per heavy atom. The van der Waals surface area contributed by atoms with Gasteiger partial charge in [0.15, 0.2) is 9.84 Å². The number of nitrogens with one attached hydrogen (secondary N) is 1. The Bertz CT molecular complexity index is 541. The zero-order chi connectivity index (χ0) is 15.4. The molecule has 0 aliphatic heterocycles. The lowest BCUT2D eigenvalue weighted by atomic mass is 10.1. The van der Waals surface area contributed by atoms with E-state index in [1.165, 1.54) is 12.3 Å². The quantitative estimate of drug-likeness (QED) is 0.842. The molecule has 0 unspecified atom stereocenters. The molecule has 0 aromatic heterocycles. The average Bonchev–Trinajstić information content (AvgIpc) is 2.34. The van der Waals surface area contributed by atoms with Crippen LogP contribution in [0.5, 0.6) is 0 Å². The number of halogens is 1. The minimum atomic E-state index is -3.09. The first-order valence-corrected chi connectivity index (χ1v) is 8.69. The molecule has 0 aliphatic rings. The Morgan fingerprint density at radius 3 is 2.45 bits per heavy atom. The third-order valence-corrected chi connectivity index (χ3v) is 5.84. The van der Waals surface area contributed by atoms with E-state index in [9.17, 15) is 12.8 Å². The van der Waals surface area contributed by atoms with E-state index >= 15 is 0 Å². The summed E-state index contributed by atoms with van der Waals surface area (Å²) in [5.41, 5.74) is 0.698. The summed E-state index contributed by atoms with van der Waals surface area (Å²) in [7, 11) is -3.09. The second-order valence-corrected chi connectivity index (χ2v) is 8.59. The lowest BCUT2D eigenvalue weighted by molar-refractivity contribution is 0.461. The molecule has 114 valence electrons. The van der Waals surface area contributed by atoms with Crippen molar-refractivity contribution >= 4 is 9.84 Å². The molecule has 20 heavy (non-hydrogen) atoms. The van der Waals surface area contributed by atoms with Crippen molar-refractivity contribution in [3.8, 4) is 0 Å². The van der Waals surface area contributed by atoms with Crippen LogP contribution < -0.4 is 5.32 Å². The molecule has 3 nitrogen and oxygen atoms in total. The van der Waals surface area contributed by atoms with Gasteiger partial charge in [-0.2, -0.15) is 0 Å². The molecule has 0 saturated carbocycles. The van der Waals surface area contributed by atoms with Gasteiger partial charge < -0.3 is 5.32 Å². The second-order valence-electron chi connectivity index (χ2n) is 5.94. The van der Waals surface area contributed by atoms with Gasteiger partial charge in [-0.1, -0.05) is 18.2 Å². The van der Waals surface area contributed by atoms with Crippen molar-refractivity contribution in [2.45, 2.75) is 44.4 Å². The summed E-state index contributed by atoms with van der Waals surface area (Å²) in [4.78, 5) is 0. The Balaban J connectivity index is 2.46. The highest BCUT2D eigenvalue weighted by Crippen LogP contribution is 2.15. The molecule has 0 spiro atoms. The number of rotatable bonds is 7. The molecule has 1 aromatic carbocycles. The van der Waals surface area contributed by atoms with E-state index in [1.54, 1.807) is 26.0 Å². The molecular weight excluding hydrogens is 277 g/mol. The van der Waals surface area contributed by atoms with E-state index < -0.39 is 14.6 Å². The summed E-state index contributed by atoms with van der Waals surface area (Å²) in [5, 5.41) is 3.22. The maximum atomic E-state index is 13.5. The van der Waals surface area contributed by atoms with E-state index in [2.05, 4.69) is 5.32 Å². The standard InChI is InChI=1S/C15H24FNO2S/c1-12(17-11-15(2,3)20(4,18)19)9-10-13-7-5-6-8-14(13)16/h5-8,12,17H,9-11H2,1-4H3/t12-/m1/s1. The highest BCUT2D eigenvalue weighted by atomic mass is 32.2. The van der Waals surface area contributed by atoms with Gasteiger partial charge in [0.05, 0.1) is 4.75 Å². The third kappa shape index (κ3) is 4.87. The molecule has 0 amide bonds. The SMILES string of the molecule is C[C@H](CCc1ccccc1F)NCC(C)(C)S(C)(=O)=O. The molecule has 1 atom stereocenters. The van der Waals surface area contributed by atoms with Gasteiger partial charge in [-0.15, -0.1) is 0 Å². The highest BCUT2D eigenvalue weighted by molar-refractivity contribution is 7.92. The van der Waals surface area contributed by atoms with Gasteiger partial charge in [-0.25, -0.2) is 12.8 Å². The predicted octanol–water partition coefficient (Wildman–Crippen LogP) is 2.56. The summed E-state index contributed by atoms with van der Waals surface area (Å²) < 4.78 is 35.9. The van der Waals surface area contributed by atoms with E-state index in [0.717, 1.165) is 6.42 Å². The minimum absolute atomic E-state index is 0.135. The molecule has 0 aliphatic carbocycles. The maximum Gasteiger partial charge on any atom is 0.153 e. The number of sulfone groups is 1. The van der Waals surface area contributed by atoms with Crippen LogP contribution in [0.1, 0.15) is 32.8 Å². The first-order valence-electron chi connectivity index (χ1n) is 6.80. The van der Waals surface area contributed by atoms with Gasteiger partial charge >= 0.3 is 0 Å². The minimum Gasteiger partial charge on any atom is -0.313 e. The summed E-state index contributed by atoms with van der Waals surface area (Å²) in [6, 6.07) is 6.87. The van der Waals surface area contributed by atoms with Crippen molar-refractivity contribution in [2.24, 2.45) is 0 Å². The fraction of sp³-hybridized carbons (Fsp3) is 0.600. The Morgan fingerprint density at radius 1 is 1.30 bits per heavy atom. The summed E-state index contributed by atoms with van der Waals surface area (Å²) >= 11 is 0. The summed E-state index contributed by atoms with van der Waals surface area (Å²) in [6.07, 6.45) is 2.65. The predicted molar refractivity (Wildman–Crippen MR) is 81.1 cm³/mol. The van der Waals surface area contributed by atoms with Crippen LogP contribution >= 0.6 is 0 Å². The van der Waals surface area contributed by atoms with Crippen molar-refractivity contribution in [2.75, 3.05) is 12.8 Å². The Hall–Kier alpha value is -0.940. The van der Waals surface area contributed by atoms with E-state index in [1.807, 2.05) is 13.0 Å². The highest BCUT2D eigenvalue weighted by Gasteiger charge is 2.30. The van der Waals surface area contributed by atoms with E-state index in [0.29, 0.717) is 18.5 Å². The topological polar surface area (TPSA) is 46.2 Å². The van der Waals surface area contributed by atoms with Gasteiger partial charge in [0, 0.05) is 18.8 Å². The number of aryl methyl sites for hydroxylation is 1. The monoisotopic (exact) mass is 301 g/mol. The molecule has 1 rings (SSSR count). The Labute approximate surface area is 121 Å². The molecule has 0 radical (unpaired) electrons. The number of hydrogen-bond donors (Lipinski definition) is 1. The van der Waals surface area contributed by atoms with Gasteiger partial charge in [-0.3, -0.25) is 0 Å². The van der Waals surface area contributed by atoms with Crippen LogP contribution in [-0.2, 0) is 16.3 Å². The summed E-state index contributed by atoms with van der Waals surface area (Å²) in [5.74, 6) is -0.184. The molecule has 1 aromatic rings. The lowest BCUT2D eigenvalue weighted by Crippen LogP contribution is -2.44. The molecule has 5 heteroatoms. The van der Waals surface area contributed by atoms with Crippen molar-refractivity contribution in [1.82, 2.24) is 5.32 Å². The molecule has 0 saturated heterocycles. The van der Waals surface area contributed by atoms with Crippen molar-refractivity contribution in [3.05, 3.63) is 35.6 Å². The van der Waals surface area contributed by atoms with Crippen LogP contribution in [0.4, 0.5) is 4.39 Å². The smallest absolute Gasteiger partial charge is 0.153 e. The van der Waals surface area contributed by atoms with Crippen molar-refractivity contribution in [3.63, 3.8) is 0 Å². The zero-order valence-corrected chi connectivity index (χ0v) is 13.4. The van der Waals surface area contributed by atoms with Crippen molar-refractivity contribution < 1.29 is 12.8 Å². The number of hydrogen-bond acceptors (Lipinski definition) is 3. The third-order valence-electron chi connectivity index (χ3n) is 3.68. The largest absolute Gasteiger partial charge is 0.313 e. The molecule has 0 heterocycles. The van der Waals surface area contributed by atoms with Crippen LogP contribution in [0.3, 0.4) is 0 Å². The van der Waals surface area contributed by atoms with Gasteiger partial charge in [0.25, 0.3) is 0 Å². The van der Waals surface area contributed by atoms with Gasteiger partial charge in [-0.05, 0) is 45.2 Å². The summed E-state index contributed by atoms with van der Waals surface area (Å²) in [6.45, 7) is 5.79. The first-order chi connectivity index (χ1) is 9.13. The van der Waals surface area contributed by atoms with Crippen molar-refractivity contribution in [1.29, 1.82) is 0 Å². The van der Waals surface area contributed by atoms with Gasteiger partial charge in [0.1, 0.15) is 5.82 Å². The fourth-order valence-electron chi connectivity index (χ4n) is 1.73. The Kier molecular flexibility index (Phi) is 5.71. The van der Waals surface area contributed by atoms with Crippen LogP contribution in [0.25, 0.3) is 0 Å². The van der Waals surface area contributed by atoms with E-state index in [4.69, 9.17) is 0 Å². The number of benzene rings is 1. The van der Waals surface area contributed by atoms with E-state index in [-0.39, 0.29) is 11.9 Å². The van der Waals surface area contributed by atoms with Crippen LogP contribution in [-0.4, -0.2) is 32.0 Å². The lowest BCUT2D eigenvalue weighted by Gasteiger charge is -2.25. The molecular formula is C15H24FNO2S.